The van der Waals surface area contributed by atoms with E-state index in [0.29, 0.717) is 52.1 Å². The molecule has 4 N–H and O–H groups in total. The molecule has 0 fully saturated rings. The molecule has 0 bridgehead atoms. The van der Waals surface area contributed by atoms with Gasteiger partial charge in [0.15, 0.2) is 0 Å². The number of anilines is 1. The molecule has 0 aliphatic rings. The van der Waals surface area contributed by atoms with Crippen molar-refractivity contribution >= 4 is 95.3 Å². The minimum atomic E-state index is -4.66. The summed E-state index contributed by atoms with van der Waals surface area (Å²) in [6, 6.07) is 16.7. The average Bonchev–Trinajstić information content (AvgIpc) is 3.18. The standard InChI is InChI=1S/C37H36Cl4N8O9S2/c1-2-12-57-32-20-30(48-46-25-6-4-24(38)5-7-25)28(40)15-22(32)17-35-43-36(45-37(44-35)42-10-11-50)18-23-16-29(41)31(21-33(23)58-13-3-14-59(51,52)53)49-47-26-8-9-27(39)34(19-26)60(54,55)56/h4-9,15-16,19-21,50H,2-3,10-14,17-18H2,1H3,(H,51,52,53)(H,54,55,56)(H,42,43,44,45). The summed E-state index contributed by atoms with van der Waals surface area (Å²) >= 11 is 25.3. The molecule has 0 saturated carbocycles. The van der Waals surface area contributed by atoms with Gasteiger partial charge in [-0.1, -0.05) is 53.3 Å². The zero-order chi connectivity index (χ0) is 43.5. The molecule has 1 heterocycles. The van der Waals surface area contributed by atoms with Gasteiger partial charge in [-0.15, -0.1) is 10.2 Å². The molecule has 23 heteroatoms. The molecule has 0 aliphatic carbocycles. The van der Waals surface area contributed by atoms with E-state index in [1.165, 1.54) is 24.3 Å². The summed E-state index contributed by atoms with van der Waals surface area (Å²) < 4.78 is 77.0. The van der Waals surface area contributed by atoms with Gasteiger partial charge in [-0.3, -0.25) is 9.11 Å². The second kappa shape index (κ2) is 21.3. The molecule has 0 amide bonds. The Morgan fingerprint density at radius 1 is 0.683 bits per heavy atom. The van der Waals surface area contributed by atoms with Crippen LogP contribution in [0, 0.1) is 0 Å². The van der Waals surface area contributed by atoms with Crippen LogP contribution in [0.3, 0.4) is 0 Å². The largest absolute Gasteiger partial charge is 0.493 e. The average molecular weight is 943 g/mol. The minimum absolute atomic E-state index is 0.00697. The van der Waals surface area contributed by atoms with Crippen molar-refractivity contribution in [1.82, 2.24) is 15.0 Å². The predicted octanol–water partition coefficient (Wildman–Crippen LogP) is 9.59. The molecular formula is C37H36Cl4N8O9S2. The van der Waals surface area contributed by atoms with Gasteiger partial charge in [-0.2, -0.15) is 37.0 Å². The van der Waals surface area contributed by atoms with Crippen molar-refractivity contribution in [2.45, 2.75) is 37.5 Å². The fourth-order valence-electron chi connectivity index (χ4n) is 5.20. The fourth-order valence-corrected chi connectivity index (χ4v) is 7.25. The second-order valence-corrected chi connectivity index (χ2v) is 17.2. The highest BCUT2D eigenvalue weighted by Gasteiger charge is 2.19. The number of aliphatic hydroxyl groups is 1. The van der Waals surface area contributed by atoms with Crippen LogP contribution in [0.15, 0.2) is 92.1 Å². The third-order valence-electron chi connectivity index (χ3n) is 7.91. The zero-order valence-electron chi connectivity index (χ0n) is 31.5. The lowest BCUT2D eigenvalue weighted by Gasteiger charge is -2.15. The Kier molecular flexibility index (Phi) is 16.5. The van der Waals surface area contributed by atoms with Crippen molar-refractivity contribution in [2.75, 3.05) is 37.4 Å². The van der Waals surface area contributed by atoms with Gasteiger partial charge in [0.05, 0.1) is 52.0 Å². The number of hydrogen-bond acceptors (Lipinski definition) is 15. The molecule has 318 valence electrons. The summed E-state index contributed by atoms with van der Waals surface area (Å²) in [7, 11) is -8.93. The second-order valence-electron chi connectivity index (χ2n) is 12.6. The third kappa shape index (κ3) is 14.0. The summed E-state index contributed by atoms with van der Waals surface area (Å²) in [6.07, 6.45) is 0.763. The van der Waals surface area contributed by atoms with Gasteiger partial charge >= 0.3 is 0 Å². The van der Waals surface area contributed by atoms with Crippen LogP contribution in [0.25, 0.3) is 0 Å². The molecule has 17 nitrogen and oxygen atoms in total. The van der Waals surface area contributed by atoms with Crippen LogP contribution in [0.4, 0.5) is 28.7 Å². The third-order valence-corrected chi connectivity index (χ3v) is 10.9. The highest BCUT2D eigenvalue weighted by atomic mass is 35.5. The Hall–Kier alpha value is -4.57. The molecule has 0 saturated heterocycles. The van der Waals surface area contributed by atoms with Crippen LogP contribution in [0.1, 0.15) is 42.5 Å². The van der Waals surface area contributed by atoms with Gasteiger partial charge in [0.25, 0.3) is 20.2 Å². The first kappa shape index (κ1) is 46.5. The van der Waals surface area contributed by atoms with Gasteiger partial charge in [-0.05, 0) is 67.4 Å². The van der Waals surface area contributed by atoms with Crippen LogP contribution >= 0.6 is 46.4 Å². The van der Waals surface area contributed by atoms with Crippen LogP contribution in [-0.4, -0.2) is 78.1 Å². The van der Waals surface area contributed by atoms with Crippen LogP contribution in [-0.2, 0) is 33.1 Å². The molecule has 60 heavy (non-hydrogen) atoms. The molecular weight excluding hydrogens is 906 g/mol. The first-order chi connectivity index (χ1) is 28.5. The first-order valence-electron chi connectivity index (χ1n) is 17.8. The van der Waals surface area contributed by atoms with Crippen LogP contribution in [0.2, 0.25) is 20.1 Å². The number of nitrogens with zero attached hydrogens (tertiary/aromatic N) is 7. The Morgan fingerprint density at radius 2 is 1.23 bits per heavy atom. The number of ether oxygens (including phenoxy) is 2. The quantitative estimate of drug-likeness (QED) is 0.0323. The minimum Gasteiger partial charge on any atom is -0.493 e. The van der Waals surface area contributed by atoms with Crippen LogP contribution in [0.5, 0.6) is 11.5 Å². The number of aliphatic hydroxyl groups excluding tert-OH is 1. The van der Waals surface area contributed by atoms with E-state index in [0.717, 1.165) is 6.07 Å². The molecule has 1 aromatic heterocycles. The fraction of sp³-hybridized carbons (Fsp3) is 0.270. The van der Waals surface area contributed by atoms with Crippen molar-refractivity contribution in [2.24, 2.45) is 20.5 Å². The molecule has 0 radical (unpaired) electrons. The van der Waals surface area contributed by atoms with E-state index < -0.39 is 30.9 Å². The number of azo groups is 2. The van der Waals surface area contributed by atoms with E-state index >= 15 is 0 Å². The molecule has 5 rings (SSSR count). The van der Waals surface area contributed by atoms with E-state index in [-0.39, 0.29) is 83.0 Å². The summed E-state index contributed by atoms with van der Waals surface area (Å²) in [5.41, 5.74) is 2.09. The molecule has 0 unspecified atom stereocenters. The lowest BCUT2D eigenvalue weighted by atomic mass is 10.1. The van der Waals surface area contributed by atoms with Crippen LogP contribution < -0.4 is 14.8 Å². The predicted molar refractivity (Wildman–Crippen MR) is 227 cm³/mol. The van der Waals surface area contributed by atoms with Crippen molar-refractivity contribution in [3.8, 4) is 11.5 Å². The van der Waals surface area contributed by atoms with Gasteiger partial charge < -0.3 is 19.9 Å². The Balaban J connectivity index is 1.49. The van der Waals surface area contributed by atoms with Crippen molar-refractivity contribution in [3.05, 3.63) is 110 Å². The van der Waals surface area contributed by atoms with Crippen molar-refractivity contribution < 1.29 is 40.5 Å². The summed E-state index contributed by atoms with van der Waals surface area (Å²) in [4.78, 5) is 13.2. The summed E-state index contributed by atoms with van der Waals surface area (Å²) in [6.45, 7) is 2.11. The first-order valence-corrected chi connectivity index (χ1v) is 22.4. The Bertz CT molecular complexity index is 2610. The number of benzene rings is 4. The van der Waals surface area contributed by atoms with Gasteiger partial charge in [0.2, 0.25) is 5.95 Å². The topological polar surface area (TPSA) is 248 Å². The van der Waals surface area contributed by atoms with Crippen molar-refractivity contribution in [1.29, 1.82) is 0 Å². The SMILES string of the molecule is CCCOc1cc(N=Nc2ccc(Cl)cc2)c(Cl)cc1Cc1nc(Cc2cc(Cl)c(N=Nc3ccc(Cl)c(S(=O)(=O)O)c3)cc2OCCCS(=O)(=O)O)nc(NCCO)n1. The zero-order valence-corrected chi connectivity index (χ0v) is 36.1. The lowest BCUT2D eigenvalue weighted by Crippen LogP contribution is -2.14. The highest BCUT2D eigenvalue weighted by Crippen LogP contribution is 2.38. The Morgan fingerprint density at radius 3 is 1.77 bits per heavy atom. The lowest BCUT2D eigenvalue weighted by molar-refractivity contribution is 0.310. The molecule has 5 aromatic rings. The Labute approximate surface area is 365 Å². The van der Waals surface area contributed by atoms with Gasteiger partial charge in [0, 0.05) is 47.7 Å². The van der Waals surface area contributed by atoms with E-state index in [9.17, 15) is 31.0 Å². The number of halogens is 4. The number of rotatable bonds is 20. The number of hydrogen-bond donors (Lipinski definition) is 4. The van der Waals surface area contributed by atoms with Gasteiger partial charge in [0.1, 0.15) is 39.4 Å². The maximum absolute atomic E-state index is 11.7. The normalized spacial score (nSPS) is 12.1. The maximum atomic E-state index is 11.7. The smallest absolute Gasteiger partial charge is 0.296 e. The van der Waals surface area contributed by atoms with E-state index in [2.05, 4.69) is 35.7 Å². The maximum Gasteiger partial charge on any atom is 0.296 e. The van der Waals surface area contributed by atoms with E-state index in [1.54, 1.807) is 36.4 Å². The van der Waals surface area contributed by atoms with E-state index in [1.807, 2.05) is 6.92 Å². The number of aromatic nitrogens is 3. The van der Waals surface area contributed by atoms with Gasteiger partial charge in [-0.25, -0.2) is 4.98 Å². The number of nitrogens with one attached hydrogen (secondary N) is 1. The summed E-state index contributed by atoms with van der Waals surface area (Å²) in [5, 5.41) is 29.9. The molecule has 0 spiro atoms. The molecule has 0 aliphatic heterocycles. The van der Waals surface area contributed by atoms with E-state index in [4.69, 9.17) is 60.9 Å². The monoisotopic (exact) mass is 940 g/mol. The molecule has 0 atom stereocenters. The summed E-state index contributed by atoms with van der Waals surface area (Å²) in [5.74, 6) is 0.778. The molecule has 4 aromatic carbocycles. The highest BCUT2D eigenvalue weighted by molar-refractivity contribution is 7.86. The van der Waals surface area contributed by atoms with Crippen molar-refractivity contribution in [3.63, 3.8) is 0 Å².